The van der Waals surface area contributed by atoms with E-state index >= 15 is 0 Å². The number of nitrogen functional groups attached to an aromatic ring is 1. The molecule has 0 fully saturated rings. The maximum atomic E-state index is 13.1. The van der Waals surface area contributed by atoms with Crippen LogP contribution in [0.15, 0.2) is 47.4 Å². The van der Waals surface area contributed by atoms with Crippen LogP contribution in [-0.2, 0) is 15.6 Å². The highest BCUT2D eigenvalue weighted by Gasteiger charge is 2.17. The van der Waals surface area contributed by atoms with Gasteiger partial charge in [0.2, 0.25) is 0 Å². The summed E-state index contributed by atoms with van der Waals surface area (Å²) >= 11 is 5.70. The third-order valence-corrected chi connectivity index (χ3v) is 4.56. The van der Waals surface area contributed by atoms with Crippen LogP contribution in [0.25, 0.3) is 0 Å². The zero-order valence-corrected chi connectivity index (χ0v) is 11.4. The second-order valence-electron chi connectivity index (χ2n) is 4.06. The first-order chi connectivity index (χ1) is 8.88. The van der Waals surface area contributed by atoms with Crippen LogP contribution in [0.1, 0.15) is 5.56 Å². The zero-order valence-electron chi connectivity index (χ0n) is 9.81. The lowest BCUT2D eigenvalue weighted by molar-refractivity contribution is 0.594. The van der Waals surface area contributed by atoms with E-state index in [9.17, 15) is 12.8 Å². The van der Waals surface area contributed by atoms with Crippen molar-refractivity contribution < 1.29 is 12.8 Å². The van der Waals surface area contributed by atoms with Crippen molar-refractivity contribution in [2.75, 3.05) is 5.73 Å². The molecule has 2 N–H and O–H groups in total. The molecule has 0 aromatic heterocycles. The summed E-state index contributed by atoms with van der Waals surface area (Å²) in [7, 11) is -3.57. The second-order valence-corrected chi connectivity index (χ2v) is 6.48. The van der Waals surface area contributed by atoms with Crippen molar-refractivity contribution in [3.05, 3.63) is 58.9 Å². The Labute approximate surface area is 115 Å². The van der Waals surface area contributed by atoms with Crippen molar-refractivity contribution in [1.29, 1.82) is 0 Å². The molecule has 100 valence electrons. The van der Waals surface area contributed by atoms with E-state index in [0.717, 1.165) is 6.07 Å². The third-order valence-electron chi connectivity index (χ3n) is 2.62. The van der Waals surface area contributed by atoms with Gasteiger partial charge in [0.25, 0.3) is 0 Å². The smallest absolute Gasteiger partial charge is 0.182 e. The molecule has 0 saturated carbocycles. The van der Waals surface area contributed by atoms with Crippen molar-refractivity contribution >= 4 is 27.1 Å². The van der Waals surface area contributed by atoms with Gasteiger partial charge in [0.05, 0.1) is 10.6 Å². The molecule has 6 heteroatoms. The molecule has 0 unspecified atom stereocenters. The minimum absolute atomic E-state index is 0.126. The molecule has 0 bridgehead atoms. The summed E-state index contributed by atoms with van der Waals surface area (Å²) in [6.07, 6.45) is 0. The van der Waals surface area contributed by atoms with Gasteiger partial charge in [0.15, 0.2) is 9.84 Å². The van der Waals surface area contributed by atoms with E-state index in [1.54, 1.807) is 0 Å². The Bertz CT molecular complexity index is 699. The number of halogens is 2. The topological polar surface area (TPSA) is 60.2 Å². The molecule has 0 aliphatic rings. The summed E-state index contributed by atoms with van der Waals surface area (Å²) in [6, 6.07) is 9.46. The maximum absolute atomic E-state index is 13.1. The van der Waals surface area contributed by atoms with Gasteiger partial charge in [-0.25, -0.2) is 12.8 Å². The summed E-state index contributed by atoms with van der Waals surface area (Å²) in [6.45, 7) is 0. The van der Waals surface area contributed by atoms with Crippen molar-refractivity contribution in [1.82, 2.24) is 0 Å². The first-order valence-corrected chi connectivity index (χ1v) is 7.44. The van der Waals surface area contributed by atoms with Crippen molar-refractivity contribution in [2.45, 2.75) is 10.6 Å². The number of hydrogen-bond donors (Lipinski definition) is 1. The Morgan fingerprint density at radius 1 is 1.11 bits per heavy atom. The predicted octanol–water partition coefficient (Wildman–Crippen LogP) is 3.04. The highest BCUT2D eigenvalue weighted by Crippen LogP contribution is 2.22. The van der Waals surface area contributed by atoms with E-state index in [1.165, 1.54) is 36.4 Å². The Morgan fingerprint density at radius 3 is 2.37 bits per heavy atom. The Hall–Kier alpha value is -1.59. The molecule has 0 saturated heterocycles. The number of sulfone groups is 1. The van der Waals surface area contributed by atoms with E-state index in [2.05, 4.69) is 0 Å². The van der Waals surface area contributed by atoms with E-state index in [4.69, 9.17) is 17.3 Å². The predicted molar refractivity (Wildman–Crippen MR) is 73.2 cm³/mol. The molecule has 2 rings (SSSR count). The van der Waals surface area contributed by atoms with Crippen LogP contribution in [0, 0.1) is 5.82 Å². The van der Waals surface area contributed by atoms with Crippen LogP contribution in [0.2, 0.25) is 5.02 Å². The molecule has 2 aromatic carbocycles. The molecule has 0 spiro atoms. The number of benzene rings is 2. The van der Waals surface area contributed by atoms with Gasteiger partial charge in [-0.15, -0.1) is 0 Å². The van der Waals surface area contributed by atoms with E-state index in [-0.39, 0.29) is 21.9 Å². The van der Waals surface area contributed by atoms with Gasteiger partial charge in [-0.1, -0.05) is 11.6 Å². The van der Waals surface area contributed by atoms with Crippen LogP contribution in [0.4, 0.5) is 10.1 Å². The molecule has 3 nitrogen and oxygen atoms in total. The van der Waals surface area contributed by atoms with Gasteiger partial charge in [-0.05, 0) is 48.0 Å². The van der Waals surface area contributed by atoms with Crippen LogP contribution in [-0.4, -0.2) is 8.42 Å². The van der Waals surface area contributed by atoms with Crippen LogP contribution in [0.5, 0.6) is 0 Å². The first-order valence-electron chi connectivity index (χ1n) is 5.41. The average molecular weight is 300 g/mol. The van der Waals surface area contributed by atoms with Crippen molar-refractivity contribution in [2.24, 2.45) is 0 Å². The standard InChI is InChI=1S/C13H11ClFNO2S/c14-10-1-4-12(5-2-10)19(17,18)8-9-7-11(15)3-6-13(9)16/h1-7H,8,16H2. The Morgan fingerprint density at radius 2 is 1.74 bits per heavy atom. The molecule has 2 aromatic rings. The van der Waals surface area contributed by atoms with Gasteiger partial charge in [0, 0.05) is 10.7 Å². The second kappa shape index (κ2) is 5.19. The van der Waals surface area contributed by atoms with E-state index in [0.29, 0.717) is 5.02 Å². The largest absolute Gasteiger partial charge is 0.398 e. The first kappa shape index (κ1) is 13.8. The number of rotatable bonds is 3. The molecule has 0 heterocycles. The summed E-state index contributed by atoms with van der Waals surface area (Å²) in [5.41, 5.74) is 6.14. The van der Waals surface area contributed by atoms with Gasteiger partial charge < -0.3 is 5.73 Å². The van der Waals surface area contributed by atoms with Crippen molar-refractivity contribution in [3.8, 4) is 0 Å². The zero-order chi connectivity index (χ0) is 14.0. The summed E-state index contributed by atoms with van der Waals surface area (Å²) in [5.74, 6) is -0.867. The quantitative estimate of drug-likeness (QED) is 0.886. The lowest BCUT2D eigenvalue weighted by Crippen LogP contribution is -2.07. The van der Waals surface area contributed by atoms with Gasteiger partial charge in [-0.3, -0.25) is 0 Å². The number of nitrogens with two attached hydrogens (primary N) is 1. The molecule has 0 aliphatic carbocycles. The maximum Gasteiger partial charge on any atom is 0.182 e. The minimum atomic E-state index is -3.57. The molecule has 19 heavy (non-hydrogen) atoms. The molecule has 0 amide bonds. The molecular formula is C13H11ClFNO2S. The normalized spacial score (nSPS) is 11.5. The summed E-state index contributed by atoms with van der Waals surface area (Å²) in [4.78, 5) is 0.126. The lowest BCUT2D eigenvalue weighted by Gasteiger charge is -2.07. The number of anilines is 1. The van der Waals surface area contributed by atoms with Crippen molar-refractivity contribution in [3.63, 3.8) is 0 Å². The molecule has 0 radical (unpaired) electrons. The fourth-order valence-electron chi connectivity index (χ4n) is 1.63. The van der Waals surface area contributed by atoms with Gasteiger partial charge in [-0.2, -0.15) is 0 Å². The average Bonchev–Trinajstić information content (AvgIpc) is 2.34. The van der Waals surface area contributed by atoms with E-state index < -0.39 is 15.7 Å². The fourth-order valence-corrected chi connectivity index (χ4v) is 3.13. The van der Waals surface area contributed by atoms with Gasteiger partial charge in [0.1, 0.15) is 5.82 Å². The lowest BCUT2D eigenvalue weighted by atomic mass is 10.2. The fraction of sp³-hybridized carbons (Fsp3) is 0.0769. The molecule has 0 aliphatic heterocycles. The molecule has 0 atom stereocenters. The SMILES string of the molecule is Nc1ccc(F)cc1CS(=O)(=O)c1ccc(Cl)cc1. The highest BCUT2D eigenvalue weighted by atomic mass is 35.5. The van der Waals surface area contributed by atoms with E-state index in [1.807, 2.05) is 0 Å². The highest BCUT2D eigenvalue weighted by molar-refractivity contribution is 7.90. The van der Waals surface area contributed by atoms with Crippen LogP contribution < -0.4 is 5.73 Å². The summed E-state index contributed by atoms with van der Waals surface area (Å²) in [5, 5.41) is 0.448. The Balaban J connectivity index is 2.36. The summed E-state index contributed by atoms with van der Waals surface area (Å²) < 4.78 is 37.4. The minimum Gasteiger partial charge on any atom is -0.398 e. The number of hydrogen-bond acceptors (Lipinski definition) is 3. The van der Waals surface area contributed by atoms with Gasteiger partial charge >= 0.3 is 0 Å². The Kier molecular flexibility index (Phi) is 3.78. The third kappa shape index (κ3) is 3.24. The molecular weight excluding hydrogens is 289 g/mol. The monoisotopic (exact) mass is 299 g/mol. The van der Waals surface area contributed by atoms with Crippen LogP contribution in [0.3, 0.4) is 0 Å². The van der Waals surface area contributed by atoms with Crippen LogP contribution >= 0.6 is 11.6 Å².